The zero-order valence-electron chi connectivity index (χ0n) is 14.8. The Morgan fingerprint density at radius 2 is 1.96 bits per heavy atom. The fourth-order valence-electron chi connectivity index (χ4n) is 2.76. The molecule has 0 aliphatic rings. The van der Waals surface area contributed by atoms with Crippen LogP contribution in [0.3, 0.4) is 0 Å². The number of amides is 1. The molecule has 1 amide bonds. The van der Waals surface area contributed by atoms with Gasteiger partial charge in [0, 0.05) is 10.0 Å². The van der Waals surface area contributed by atoms with Crippen LogP contribution in [0, 0.1) is 0 Å². The number of rotatable bonds is 6. The zero-order valence-corrected chi connectivity index (χ0v) is 16.4. The molecule has 138 valence electrons. The highest BCUT2D eigenvalue weighted by Gasteiger charge is 2.08. The summed E-state index contributed by atoms with van der Waals surface area (Å²) >= 11 is 3.53. The molecule has 0 bridgehead atoms. The Balaban J connectivity index is 1.70. The van der Waals surface area contributed by atoms with Gasteiger partial charge in [0.05, 0.1) is 19.2 Å². The number of phenolic OH excluding ortho intramolecular Hbond substituents is 1. The summed E-state index contributed by atoms with van der Waals surface area (Å²) in [5.74, 6) is 0.457. The van der Waals surface area contributed by atoms with Crippen LogP contribution in [-0.4, -0.2) is 23.8 Å². The number of nitrogens with zero attached hydrogens (tertiary/aromatic N) is 1. The van der Waals surface area contributed by atoms with Crippen LogP contribution < -0.4 is 10.2 Å². The Kier molecular flexibility index (Phi) is 6.08. The molecule has 3 aromatic carbocycles. The number of aromatic hydroxyl groups is 1. The Morgan fingerprint density at radius 1 is 1.19 bits per heavy atom. The van der Waals surface area contributed by atoms with Gasteiger partial charge in [-0.25, -0.2) is 5.43 Å². The molecule has 0 saturated heterocycles. The number of phenols is 1. The van der Waals surface area contributed by atoms with E-state index in [2.05, 4.69) is 26.5 Å². The number of nitrogens with one attached hydrogen (secondary N) is 1. The van der Waals surface area contributed by atoms with Crippen LogP contribution in [0.1, 0.15) is 18.1 Å². The highest BCUT2D eigenvalue weighted by atomic mass is 79.9. The number of fused-ring (bicyclic) bond motifs is 1. The SMILES string of the molecule is CCOc1ccc(O)c(C=NNC(=O)Cc2ccc(Br)c3ccccc23)c1. The first-order valence-corrected chi connectivity index (χ1v) is 9.31. The van der Waals surface area contributed by atoms with Gasteiger partial charge in [0.2, 0.25) is 5.91 Å². The molecule has 0 atom stereocenters. The van der Waals surface area contributed by atoms with Gasteiger partial charge in [0.1, 0.15) is 11.5 Å². The maximum Gasteiger partial charge on any atom is 0.244 e. The van der Waals surface area contributed by atoms with Gasteiger partial charge in [-0.15, -0.1) is 0 Å². The second-order valence-electron chi connectivity index (χ2n) is 5.88. The van der Waals surface area contributed by atoms with E-state index in [1.54, 1.807) is 12.1 Å². The first-order valence-electron chi connectivity index (χ1n) is 8.52. The lowest BCUT2D eigenvalue weighted by atomic mass is 10.0. The molecule has 3 rings (SSSR count). The van der Waals surface area contributed by atoms with Crippen LogP contribution in [0.15, 0.2) is 64.2 Å². The first-order chi connectivity index (χ1) is 13.1. The Morgan fingerprint density at radius 3 is 2.74 bits per heavy atom. The number of halogens is 1. The molecule has 3 aromatic rings. The summed E-state index contributed by atoms with van der Waals surface area (Å²) in [7, 11) is 0. The molecule has 27 heavy (non-hydrogen) atoms. The van der Waals surface area contributed by atoms with Crippen LogP contribution in [-0.2, 0) is 11.2 Å². The van der Waals surface area contributed by atoms with E-state index in [4.69, 9.17) is 4.74 Å². The molecule has 0 heterocycles. The van der Waals surface area contributed by atoms with Crippen LogP contribution >= 0.6 is 15.9 Å². The lowest BCUT2D eigenvalue weighted by Gasteiger charge is -2.08. The van der Waals surface area contributed by atoms with Crippen molar-refractivity contribution >= 4 is 38.8 Å². The van der Waals surface area contributed by atoms with Crippen LogP contribution in [0.25, 0.3) is 10.8 Å². The molecule has 0 aromatic heterocycles. The molecule has 2 N–H and O–H groups in total. The predicted octanol–water partition coefficient (Wildman–Crippen LogP) is 4.40. The van der Waals surface area contributed by atoms with Crippen molar-refractivity contribution in [2.24, 2.45) is 5.10 Å². The fraction of sp³-hybridized carbons (Fsp3) is 0.143. The third kappa shape index (κ3) is 4.65. The quantitative estimate of drug-likeness (QED) is 0.453. The number of hydrogen-bond acceptors (Lipinski definition) is 4. The van der Waals surface area contributed by atoms with Crippen molar-refractivity contribution in [2.45, 2.75) is 13.3 Å². The van der Waals surface area contributed by atoms with E-state index >= 15 is 0 Å². The standard InChI is InChI=1S/C21H19BrN2O3/c1-2-27-16-8-10-20(25)15(11-16)13-23-24-21(26)12-14-7-9-19(22)18-6-4-3-5-17(14)18/h3-11,13,25H,2,12H2,1H3,(H,24,26). The van der Waals surface area contributed by atoms with E-state index in [-0.39, 0.29) is 18.1 Å². The minimum Gasteiger partial charge on any atom is -0.507 e. The third-order valence-electron chi connectivity index (χ3n) is 4.02. The summed E-state index contributed by atoms with van der Waals surface area (Å²) in [5, 5.41) is 15.9. The topological polar surface area (TPSA) is 70.9 Å². The molecule has 6 heteroatoms. The molecule has 0 unspecified atom stereocenters. The highest BCUT2D eigenvalue weighted by molar-refractivity contribution is 9.10. The maximum atomic E-state index is 12.3. The molecule has 0 fully saturated rings. The summed E-state index contributed by atoms with van der Waals surface area (Å²) < 4.78 is 6.39. The summed E-state index contributed by atoms with van der Waals surface area (Å²) in [6.45, 7) is 2.41. The van der Waals surface area contributed by atoms with Crippen molar-refractivity contribution < 1.29 is 14.6 Å². The van der Waals surface area contributed by atoms with Crippen LogP contribution in [0.4, 0.5) is 0 Å². The lowest BCUT2D eigenvalue weighted by Crippen LogP contribution is -2.19. The van der Waals surface area contributed by atoms with E-state index in [0.29, 0.717) is 17.9 Å². The summed E-state index contributed by atoms with van der Waals surface area (Å²) in [5.41, 5.74) is 3.89. The monoisotopic (exact) mass is 426 g/mol. The molecular weight excluding hydrogens is 408 g/mol. The molecule has 0 aliphatic heterocycles. The predicted molar refractivity (Wildman–Crippen MR) is 110 cm³/mol. The minimum atomic E-state index is -0.237. The Bertz CT molecular complexity index is 1000. The number of carbonyl (C=O) groups excluding carboxylic acids is 1. The number of hydrogen-bond donors (Lipinski definition) is 2. The number of carbonyl (C=O) groups is 1. The van der Waals surface area contributed by atoms with Crippen LogP contribution in [0.2, 0.25) is 0 Å². The minimum absolute atomic E-state index is 0.0651. The van der Waals surface area contributed by atoms with Gasteiger partial charge in [-0.3, -0.25) is 4.79 Å². The average molecular weight is 427 g/mol. The lowest BCUT2D eigenvalue weighted by molar-refractivity contribution is -0.120. The van der Waals surface area contributed by atoms with Crippen LogP contribution in [0.5, 0.6) is 11.5 Å². The van der Waals surface area contributed by atoms with Gasteiger partial charge in [-0.2, -0.15) is 5.10 Å². The maximum absolute atomic E-state index is 12.3. The third-order valence-corrected chi connectivity index (χ3v) is 4.71. The molecule has 0 saturated carbocycles. The molecular formula is C21H19BrN2O3. The first kappa shape index (κ1) is 18.9. The second-order valence-corrected chi connectivity index (χ2v) is 6.73. The van der Waals surface area contributed by atoms with Gasteiger partial charge >= 0.3 is 0 Å². The fourth-order valence-corrected chi connectivity index (χ4v) is 3.24. The summed E-state index contributed by atoms with van der Waals surface area (Å²) in [6.07, 6.45) is 1.60. The smallest absolute Gasteiger partial charge is 0.244 e. The van der Waals surface area contributed by atoms with Crippen molar-refractivity contribution in [2.75, 3.05) is 6.61 Å². The van der Waals surface area contributed by atoms with Crippen molar-refractivity contribution in [3.05, 3.63) is 70.2 Å². The summed E-state index contributed by atoms with van der Waals surface area (Å²) in [4.78, 5) is 12.3. The Labute approximate surface area is 165 Å². The van der Waals surface area contributed by atoms with E-state index in [1.165, 1.54) is 12.3 Å². The molecule has 5 nitrogen and oxygen atoms in total. The van der Waals surface area contributed by atoms with Gasteiger partial charge in [0.15, 0.2) is 0 Å². The van der Waals surface area contributed by atoms with Gasteiger partial charge < -0.3 is 9.84 Å². The highest BCUT2D eigenvalue weighted by Crippen LogP contribution is 2.27. The van der Waals surface area contributed by atoms with E-state index in [9.17, 15) is 9.90 Å². The van der Waals surface area contributed by atoms with Gasteiger partial charge in [0.25, 0.3) is 0 Å². The van der Waals surface area contributed by atoms with E-state index in [1.807, 2.05) is 43.3 Å². The van der Waals surface area contributed by atoms with E-state index < -0.39 is 0 Å². The van der Waals surface area contributed by atoms with Gasteiger partial charge in [-0.1, -0.05) is 46.3 Å². The number of benzene rings is 3. The average Bonchev–Trinajstić information content (AvgIpc) is 2.67. The van der Waals surface area contributed by atoms with Crippen molar-refractivity contribution in [3.63, 3.8) is 0 Å². The summed E-state index contributed by atoms with van der Waals surface area (Å²) in [6, 6.07) is 16.6. The molecule has 0 radical (unpaired) electrons. The number of hydrazone groups is 1. The van der Waals surface area contributed by atoms with Crippen molar-refractivity contribution in [1.29, 1.82) is 0 Å². The number of ether oxygens (including phenoxy) is 1. The molecule has 0 spiro atoms. The van der Waals surface area contributed by atoms with Crippen molar-refractivity contribution in [1.82, 2.24) is 5.43 Å². The zero-order chi connectivity index (χ0) is 19.2. The Hall–Kier alpha value is -2.86. The van der Waals surface area contributed by atoms with E-state index in [0.717, 1.165) is 20.8 Å². The van der Waals surface area contributed by atoms with Gasteiger partial charge in [-0.05, 0) is 47.5 Å². The largest absolute Gasteiger partial charge is 0.507 e. The second kappa shape index (κ2) is 8.68. The normalized spacial score (nSPS) is 11.0. The van der Waals surface area contributed by atoms with Crippen molar-refractivity contribution in [3.8, 4) is 11.5 Å². The molecule has 0 aliphatic carbocycles.